The van der Waals surface area contributed by atoms with Crippen LogP contribution in [0.5, 0.6) is 0 Å². The van der Waals surface area contributed by atoms with E-state index in [-0.39, 0.29) is 11.9 Å². The Morgan fingerprint density at radius 2 is 1.85 bits per heavy atom. The molecule has 0 saturated carbocycles. The maximum absolute atomic E-state index is 14.0. The summed E-state index contributed by atoms with van der Waals surface area (Å²) in [4.78, 5) is 20.8. The van der Waals surface area contributed by atoms with E-state index in [1.54, 1.807) is 12.3 Å². The predicted molar refractivity (Wildman–Crippen MR) is 129 cm³/mol. The van der Waals surface area contributed by atoms with Gasteiger partial charge in [0, 0.05) is 56.6 Å². The van der Waals surface area contributed by atoms with E-state index in [0.29, 0.717) is 29.9 Å². The first-order valence-corrected chi connectivity index (χ1v) is 11.6. The molecule has 0 spiro atoms. The first-order chi connectivity index (χ1) is 16.1. The van der Waals surface area contributed by atoms with Gasteiger partial charge in [0.15, 0.2) is 0 Å². The van der Waals surface area contributed by atoms with Crippen LogP contribution in [-0.4, -0.2) is 66.9 Å². The van der Waals surface area contributed by atoms with E-state index in [1.165, 1.54) is 12.1 Å². The van der Waals surface area contributed by atoms with Gasteiger partial charge in [-0.15, -0.1) is 0 Å². The molecule has 3 aromatic rings. The highest BCUT2D eigenvalue weighted by molar-refractivity contribution is 6.32. The first-order valence-electron chi connectivity index (χ1n) is 11.2. The molecule has 2 aromatic heterocycles. The van der Waals surface area contributed by atoms with Gasteiger partial charge in [0.2, 0.25) is 5.95 Å². The van der Waals surface area contributed by atoms with Crippen LogP contribution in [0.15, 0.2) is 48.7 Å². The van der Waals surface area contributed by atoms with Crippen LogP contribution in [0.25, 0.3) is 11.3 Å². The van der Waals surface area contributed by atoms with Crippen molar-refractivity contribution in [3.8, 4) is 11.3 Å². The molecule has 2 aliphatic rings. The van der Waals surface area contributed by atoms with Gasteiger partial charge in [-0.05, 0) is 31.2 Å². The predicted octanol–water partition coefficient (Wildman–Crippen LogP) is 3.88. The van der Waals surface area contributed by atoms with Crippen LogP contribution >= 0.6 is 11.6 Å². The van der Waals surface area contributed by atoms with Gasteiger partial charge in [0.1, 0.15) is 17.5 Å². The molecule has 4 heterocycles. The summed E-state index contributed by atoms with van der Waals surface area (Å²) >= 11 is 6.38. The molecule has 1 aromatic carbocycles. The van der Waals surface area contributed by atoms with Crippen molar-refractivity contribution in [2.45, 2.75) is 13.0 Å². The van der Waals surface area contributed by atoms with Gasteiger partial charge in [-0.25, -0.2) is 14.4 Å². The minimum absolute atomic E-state index is 0.171. The topological polar surface area (TPSA) is 57.6 Å². The number of benzene rings is 1. The summed E-state index contributed by atoms with van der Waals surface area (Å²) in [5.74, 6) is 2.01. The van der Waals surface area contributed by atoms with Crippen molar-refractivity contribution < 1.29 is 9.13 Å². The smallest absolute Gasteiger partial charge is 0.228 e. The van der Waals surface area contributed by atoms with E-state index < -0.39 is 0 Å². The van der Waals surface area contributed by atoms with Gasteiger partial charge in [-0.2, -0.15) is 4.98 Å². The summed E-state index contributed by atoms with van der Waals surface area (Å²) < 4.78 is 19.5. The number of morpholine rings is 1. The lowest BCUT2D eigenvalue weighted by atomic mass is 10.1. The number of anilines is 3. The molecule has 2 saturated heterocycles. The summed E-state index contributed by atoms with van der Waals surface area (Å²) in [6, 6.07) is 12.4. The van der Waals surface area contributed by atoms with Crippen LogP contribution in [0, 0.1) is 5.82 Å². The normalized spacial score (nSPS) is 19.1. The summed E-state index contributed by atoms with van der Waals surface area (Å²) in [6.07, 6.45) is 1.77. The van der Waals surface area contributed by atoms with Gasteiger partial charge < -0.3 is 19.4 Å². The fraction of sp³-hybridized carbons (Fsp3) is 0.375. The fourth-order valence-corrected chi connectivity index (χ4v) is 4.61. The Bertz CT molecular complexity index is 1130. The highest BCUT2D eigenvalue weighted by atomic mass is 35.5. The molecular formula is C24H26ClFN6O. The zero-order valence-corrected chi connectivity index (χ0v) is 19.2. The number of nitrogens with zero attached hydrogens (tertiary/aromatic N) is 6. The lowest BCUT2D eigenvalue weighted by Crippen LogP contribution is -2.53. The summed E-state index contributed by atoms with van der Waals surface area (Å²) in [5.41, 5.74) is 1.45. The van der Waals surface area contributed by atoms with Crippen molar-refractivity contribution in [3.05, 3.63) is 59.5 Å². The average molecular weight is 469 g/mol. The quantitative estimate of drug-likeness (QED) is 0.575. The van der Waals surface area contributed by atoms with Crippen molar-refractivity contribution >= 4 is 29.2 Å². The molecule has 0 N–H and O–H groups in total. The molecule has 0 unspecified atom stereocenters. The number of ether oxygens (including phenoxy) is 1. The third-order valence-corrected chi connectivity index (χ3v) is 6.37. The SMILES string of the molecule is C[C@@H]1CN(c2ncccc2Cl)CCN1c1cc(-c2cccc(F)c2)nc(N2CCOCC2)n1. The zero-order chi connectivity index (χ0) is 22.8. The van der Waals surface area contributed by atoms with Gasteiger partial charge in [0.25, 0.3) is 0 Å². The van der Waals surface area contributed by atoms with Gasteiger partial charge >= 0.3 is 0 Å². The van der Waals surface area contributed by atoms with Crippen molar-refractivity contribution in [1.29, 1.82) is 0 Å². The molecule has 33 heavy (non-hydrogen) atoms. The number of piperazine rings is 1. The number of pyridine rings is 1. The number of rotatable bonds is 4. The summed E-state index contributed by atoms with van der Waals surface area (Å²) in [6.45, 7) is 7.21. The van der Waals surface area contributed by atoms with E-state index in [4.69, 9.17) is 26.3 Å². The monoisotopic (exact) mass is 468 g/mol. The van der Waals surface area contributed by atoms with E-state index in [1.807, 2.05) is 24.3 Å². The van der Waals surface area contributed by atoms with Crippen LogP contribution in [0.2, 0.25) is 5.02 Å². The highest BCUT2D eigenvalue weighted by Gasteiger charge is 2.28. The number of aromatic nitrogens is 3. The molecule has 2 aliphatic heterocycles. The van der Waals surface area contributed by atoms with E-state index in [9.17, 15) is 4.39 Å². The van der Waals surface area contributed by atoms with Gasteiger partial charge in [-0.1, -0.05) is 23.7 Å². The van der Waals surface area contributed by atoms with Crippen molar-refractivity contribution in [2.75, 3.05) is 60.6 Å². The van der Waals surface area contributed by atoms with Crippen LogP contribution in [0.4, 0.5) is 22.0 Å². The molecule has 1 atom stereocenters. The second-order valence-corrected chi connectivity index (χ2v) is 8.73. The number of hydrogen-bond acceptors (Lipinski definition) is 7. The number of hydrogen-bond donors (Lipinski definition) is 0. The molecule has 0 aliphatic carbocycles. The Hall–Kier alpha value is -2.97. The minimum Gasteiger partial charge on any atom is -0.378 e. The lowest BCUT2D eigenvalue weighted by Gasteiger charge is -2.41. The second kappa shape index (κ2) is 9.49. The Morgan fingerprint density at radius 3 is 2.61 bits per heavy atom. The molecule has 5 rings (SSSR count). The highest BCUT2D eigenvalue weighted by Crippen LogP contribution is 2.30. The zero-order valence-electron chi connectivity index (χ0n) is 18.5. The fourth-order valence-electron chi connectivity index (χ4n) is 4.37. The van der Waals surface area contributed by atoms with Crippen LogP contribution in [-0.2, 0) is 4.74 Å². The van der Waals surface area contributed by atoms with Crippen molar-refractivity contribution in [2.24, 2.45) is 0 Å². The van der Waals surface area contributed by atoms with E-state index in [0.717, 1.165) is 49.9 Å². The largest absolute Gasteiger partial charge is 0.378 e. The Kier molecular flexibility index (Phi) is 6.28. The Morgan fingerprint density at radius 1 is 1.00 bits per heavy atom. The standard InChI is InChI=1S/C24H26ClFN6O/c1-17-16-31(23-20(25)6-3-7-27-23)8-9-32(17)22-15-21(18-4-2-5-19(26)14-18)28-24(29-22)30-10-12-33-13-11-30/h2-7,14-15,17H,8-13,16H2,1H3/t17-/m1/s1. The number of halogens is 2. The maximum atomic E-state index is 14.0. The molecule has 0 amide bonds. The van der Waals surface area contributed by atoms with Crippen LogP contribution in [0.1, 0.15) is 6.92 Å². The molecule has 2 fully saturated rings. The third kappa shape index (κ3) is 4.72. The lowest BCUT2D eigenvalue weighted by molar-refractivity contribution is 0.122. The van der Waals surface area contributed by atoms with Crippen molar-refractivity contribution in [3.63, 3.8) is 0 Å². The minimum atomic E-state index is -0.283. The summed E-state index contributed by atoms with van der Waals surface area (Å²) in [5, 5.41) is 0.656. The van der Waals surface area contributed by atoms with Crippen LogP contribution < -0.4 is 14.7 Å². The second-order valence-electron chi connectivity index (χ2n) is 8.32. The van der Waals surface area contributed by atoms with Crippen molar-refractivity contribution in [1.82, 2.24) is 15.0 Å². The molecule has 0 bridgehead atoms. The molecule has 0 radical (unpaired) electrons. The molecule has 7 nitrogen and oxygen atoms in total. The Balaban J connectivity index is 1.46. The molecule has 9 heteroatoms. The van der Waals surface area contributed by atoms with Crippen LogP contribution in [0.3, 0.4) is 0 Å². The Labute approximate surface area is 197 Å². The third-order valence-electron chi connectivity index (χ3n) is 6.08. The van der Waals surface area contributed by atoms with E-state index >= 15 is 0 Å². The first kappa shape index (κ1) is 21.9. The van der Waals surface area contributed by atoms with Gasteiger partial charge in [0.05, 0.1) is 23.9 Å². The maximum Gasteiger partial charge on any atom is 0.228 e. The van der Waals surface area contributed by atoms with Gasteiger partial charge in [-0.3, -0.25) is 0 Å². The molecule has 172 valence electrons. The average Bonchev–Trinajstić information content (AvgIpc) is 2.84. The molecular weight excluding hydrogens is 443 g/mol. The summed E-state index contributed by atoms with van der Waals surface area (Å²) in [7, 11) is 0. The van der Waals surface area contributed by atoms with E-state index in [2.05, 4.69) is 26.6 Å².